The molecular weight excluding hydrogens is 408 g/mol. The molecule has 1 unspecified atom stereocenters. The maximum absolute atomic E-state index is 12.6. The molecule has 0 spiro atoms. The van der Waals surface area contributed by atoms with E-state index < -0.39 is 5.92 Å². The number of amides is 2. The van der Waals surface area contributed by atoms with E-state index >= 15 is 0 Å². The van der Waals surface area contributed by atoms with E-state index in [1.807, 2.05) is 55.5 Å². The van der Waals surface area contributed by atoms with Gasteiger partial charge in [0.15, 0.2) is 0 Å². The van der Waals surface area contributed by atoms with Crippen molar-refractivity contribution in [2.45, 2.75) is 19.8 Å². The first-order valence-electron chi connectivity index (χ1n) is 9.22. The van der Waals surface area contributed by atoms with Gasteiger partial charge >= 0.3 is 0 Å². The number of nitrogens with one attached hydrogen (secondary N) is 1. The lowest BCUT2D eigenvalue weighted by Gasteiger charge is -2.16. The minimum Gasteiger partial charge on any atom is -0.312 e. The Morgan fingerprint density at radius 2 is 1.90 bits per heavy atom. The number of benzene rings is 2. The van der Waals surface area contributed by atoms with Gasteiger partial charge in [-0.1, -0.05) is 52.8 Å². The van der Waals surface area contributed by atoms with E-state index in [1.165, 1.54) is 11.3 Å². The molecule has 0 bridgehead atoms. The summed E-state index contributed by atoms with van der Waals surface area (Å²) in [6, 6.07) is 15.3. The molecule has 8 heteroatoms. The van der Waals surface area contributed by atoms with E-state index in [-0.39, 0.29) is 18.2 Å². The lowest BCUT2D eigenvalue weighted by molar-refractivity contribution is -0.122. The highest BCUT2D eigenvalue weighted by Gasteiger charge is 2.35. The van der Waals surface area contributed by atoms with Crippen LogP contribution in [0, 0.1) is 12.8 Å². The Morgan fingerprint density at radius 1 is 1.17 bits per heavy atom. The van der Waals surface area contributed by atoms with Crippen molar-refractivity contribution in [2.24, 2.45) is 5.92 Å². The maximum atomic E-state index is 12.6. The van der Waals surface area contributed by atoms with Gasteiger partial charge in [0.05, 0.1) is 5.92 Å². The number of nitrogens with zero attached hydrogens (tertiary/aromatic N) is 3. The molecule has 2 heterocycles. The molecule has 1 aliphatic rings. The van der Waals surface area contributed by atoms with Gasteiger partial charge in [-0.3, -0.25) is 9.59 Å². The maximum Gasteiger partial charge on any atom is 0.231 e. The molecule has 0 saturated carbocycles. The fourth-order valence-electron chi connectivity index (χ4n) is 3.22. The van der Waals surface area contributed by atoms with Crippen LogP contribution >= 0.6 is 22.9 Å². The van der Waals surface area contributed by atoms with Gasteiger partial charge < -0.3 is 10.2 Å². The highest BCUT2D eigenvalue weighted by Crippen LogP contribution is 2.27. The number of hydrogen-bond acceptors (Lipinski definition) is 5. The summed E-state index contributed by atoms with van der Waals surface area (Å²) in [4.78, 5) is 26.7. The molecule has 4 rings (SSSR count). The second-order valence-electron chi connectivity index (χ2n) is 7.03. The van der Waals surface area contributed by atoms with Gasteiger partial charge in [0.2, 0.25) is 16.9 Å². The number of hydrogen-bond donors (Lipinski definition) is 1. The molecule has 148 valence electrons. The summed E-state index contributed by atoms with van der Waals surface area (Å²) < 4.78 is 0. The summed E-state index contributed by atoms with van der Waals surface area (Å²) in [6.45, 7) is 2.36. The molecular formula is C21H19ClN4O2S. The Balaban J connectivity index is 1.37. The van der Waals surface area contributed by atoms with E-state index in [0.29, 0.717) is 23.1 Å². The van der Waals surface area contributed by atoms with Crippen LogP contribution in [-0.2, 0) is 16.0 Å². The minimum absolute atomic E-state index is 0.0466. The summed E-state index contributed by atoms with van der Waals surface area (Å²) in [5, 5.41) is 12.9. The summed E-state index contributed by atoms with van der Waals surface area (Å²) in [7, 11) is 0. The van der Waals surface area contributed by atoms with E-state index in [2.05, 4.69) is 15.5 Å². The summed E-state index contributed by atoms with van der Waals surface area (Å²) in [5.74, 6) is -0.663. The fourth-order valence-corrected chi connectivity index (χ4v) is 4.12. The molecule has 0 radical (unpaired) electrons. The molecule has 1 aliphatic heterocycles. The fraction of sp³-hybridized carbons (Fsp3) is 0.238. The largest absolute Gasteiger partial charge is 0.312 e. The first kappa shape index (κ1) is 19.5. The van der Waals surface area contributed by atoms with Crippen molar-refractivity contribution in [1.82, 2.24) is 10.2 Å². The monoisotopic (exact) mass is 426 g/mol. The number of aromatic nitrogens is 2. The van der Waals surface area contributed by atoms with E-state index in [9.17, 15) is 9.59 Å². The van der Waals surface area contributed by atoms with E-state index in [0.717, 1.165) is 21.8 Å². The zero-order chi connectivity index (χ0) is 20.4. The van der Waals surface area contributed by atoms with Crippen LogP contribution in [0.5, 0.6) is 0 Å². The molecule has 1 saturated heterocycles. The third-order valence-corrected chi connectivity index (χ3v) is 5.90. The number of halogens is 1. The number of anilines is 2. The molecule has 2 aromatic carbocycles. The van der Waals surface area contributed by atoms with Gasteiger partial charge in [0.1, 0.15) is 5.01 Å². The molecule has 2 amide bonds. The highest BCUT2D eigenvalue weighted by molar-refractivity contribution is 7.15. The lowest BCUT2D eigenvalue weighted by atomic mass is 10.1. The smallest absolute Gasteiger partial charge is 0.231 e. The van der Waals surface area contributed by atoms with Crippen molar-refractivity contribution in [3.05, 3.63) is 69.7 Å². The van der Waals surface area contributed by atoms with Gasteiger partial charge in [-0.05, 0) is 36.8 Å². The van der Waals surface area contributed by atoms with Crippen LogP contribution in [0.25, 0.3) is 0 Å². The van der Waals surface area contributed by atoms with Gasteiger partial charge in [-0.25, -0.2) is 0 Å². The number of rotatable bonds is 5. The Kier molecular flexibility index (Phi) is 5.60. The Labute approximate surface area is 177 Å². The highest BCUT2D eigenvalue weighted by atomic mass is 35.5. The van der Waals surface area contributed by atoms with Gasteiger partial charge in [0, 0.05) is 30.1 Å². The molecule has 0 aliphatic carbocycles. The van der Waals surface area contributed by atoms with E-state index in [4.69, 9.17) is 11.6 Å². The topological polar surface area (TPSA) is 75.2 Å². The summed E-state index contributed by atoms with van der Waals surface area (Å²) in [6.07, 6.45) is 0.809. The number of carbonyl (C=O) groups is 2. The van der Waals surface area contributed by atoms with Gasteiger partial charge in [-0.2, -0.15) is 0 Å². The predicted molar refractivity (Wildman–Crippen MR) is 114 cm³/mol. The third kappa shape index (κ3) is 4.63. The second-order valence-corrected chi connectivity index (χ2v) is 8.53. The average molecular weight is 427 g/mol. The van der Waals surface area contributed by atoms with Gasteiger partial charge in [-0.15, -0.1) is 10.2 Å². The quantitative estimate of drug-likeness (QED) is 0.666. The second kappa shape index (κ2) is 8.31. The van der Waals surface area contributed by atoms with Crippen molar-refractivity contribution in [2.75, 3.05) is 16.8 Å². The summed E-state index contributed by atoms with van der Waals surface area (Å²) in [5.41, 5.74) is 3.01. The zero-order valence-corrected chi connectivity index (χ0v) is 17.3. The lowest BCUT2D eigenvalue weighted by Crippen LogP contribution is -2.28. The molecule has 1 aromatic heterocycles. The van der Waals surface area contributed by atoms with Crippen molar-refractivity contribution < 1.29 is 9.59 Å². The zero-order valence-electron chi connectivity index (χ0n) is 15.8. The Morgan fingerprint density at radius 3 is 2.62 bits per heavy atom. The van der Waals surface area contributed by atoms with Crippen LogP contribution in [0.1, 0.15) is 22.6 Å². The molecule has 1 atom stereocenters. The van der Waals surface area contributed by atoms with Crippen molar-refractivity contribution in [3.63, 3.8) is 0 Å². The molecule has 29 heavy (non-hydrogen) atoms. The number of aryl methyl sites for hydroxylation is 1. The van der Waals surface area contributed by atoms with Crippen LogP contribution in [-0.4, -0.2) is 28.6 Å². The Hall–Kier alpha value is -2.77. The minimum atomic E-state index is -0.410. The predicted octanol–water partition coefficient (Wildman–Crippen LogP) is 4.08. The van der Waals surface area contributed by atoms with Crippen LogP contribution in [0.4, 0.5) is 10.8 Å². The molecule has 6 nitrogen and oxygen atoms in total. The Bertz CT molecular complexity index is 1030. The molecule has 3 aromatic rings. The van der Waals surface area contributed by atoms with Crippen LogP contribution in [0.3, 0.4) is 0 Å². The number of carbonyl (C=O) groups excluding carboxylic acids is 2. The third-order valence-electron chi connectivity index (χ3n) is 4.81. The van der Waals surface area contributed by atoms with Crippen LogP contribution in [0.15, 0.2) is 48.5 Å². The summed E-state index contributed by atoms with van der Waals surface area (Å²) >= 11 is 7.24. The van der Waals surface area contributed by atoms with Crippen molar-refractivity contribution >= 4 is 45.6 Å². The van der Waals surface area contributed by atoms with Gasteiger partial charge in [0.25, 0.3) is 0 Å². The first-order chi connectivity index (χ1) is 14.0. The average Bonchev–Trinajstić information content (AvgIpc) is 3.31. The van der Waals surface area contributed by atoms with Crippen molar-refractivity contribution in [3.8, 4) is 0 Å². The molecule has 1 N–H and O–H groups in total. The SMILES string of the molecule is Cc1ccc(N2CC(C(=O)Nc3nnc(Cc4ccc(Cl)cc4)s3)CC2=O)cc1. The van der Waals surface area contributed by atoms with Crippen LogP contribution < -0.4 is 10.2 Å². The standard InChI is InChI=1S/C21H19ClN4O2S/c1-13-2-8-17(9-3-13)26-12-15(11-19(26)27)20(28)23-21-25-24-18(29-21)10-14-4-6-16(22)7-5-14/h2-9,15H,10-12H2,1H3,(H,23,25,28). The van der Waals surface area contributed by atoms with Crippen LogP contribution in [0.2, 0.25) is 5.02 Å². The normalized spacial score (nSPS) is 16.3. The van der Waals surface area contributed by atoms with Crippen molar-refractivity contribution in [1.29, 1.82) is 0 Å². The molecule has 1 fully saturated rings. The first-order valence-corrected chi connectivity index (χ1v) is 10.4. The van der Waals surface area contributed by atoms with E-state index in [1.54, 1.807) is 4.90 Å².